The van der Waals surface area contributed by atoms with Crippen molar-refractivity contribution in [2.24, 2.45) is 4.99 Å². The summed E-state index contributed by atoms with van der Waals surface area (Å²) in [4.78, 5) is 6.04. The van der Waals surface area contributed by atoms with Crippen LogP contribution in [0, 0.1) is 0 Å². The average molecular weight is 340 g/mol. The molecule has 0 bridgehead atoms. The Hall–Kier alpha value is -1.11. The van der Waals surface area contributed by atoms with E-state index in [2.05, 4.69) is 47.0 Å². The number of guanidine groups is 1. The monoisotopic (exact) mass is 339 g/mol. The second kappa shape index (κ2) is 10.6. The average Bonchev–Trinajstić information content (AvgIpc) is 3.25. The molecular weight excluding hydrogens is 310 g/mol. The fourth-order valence-electron chi connectivity index (χ4n) is 2.46. The van der Waals surface area contributed by atoms with E-state index >= 15 is 0 Å². The fourth-order valence-corrected chi connectivity index (χ4v) is 3.24. The van der Waals surface area contributed by atoms with Gasteiger partial charge in [0, 0.05) is 30.5 Å². The van der Waals surface area contributed by atoms with E-state index in [1.54, 1.807) is 11.3 Å². The molecule has 1 aromatic heterocycles. The van der Waals surface area contributed by atoms with Gasteiger partial charge in [-0.05, 0) is 31.2 Å². The first-order valence-electron chi connectivity index (χ1n) is 8.54. The summed E-state index contributed by atoms with van der Waals surface area (Å²) < 4.78 is 11.2. The van der Waals surface area contributed by atoms with Crippen molar-refractivity contribution in [2.75, 3.05) is 39.5 Å². The number of aliphatic imine (C=N–C) groups is 1. The third-order valence-corrected chi connectivity index (χ3v) is 4.87. The number of rotatable bonds is 9. The molecule has 1 saturated heterocycles. The molecule has 0 radical (unpaired) electrons. The van der Waals surface area contributed by atoms with Gasteiger partial charge < -0.3 is 20.1 Å². The van der Waals surface area contributed by atoms with Crippen molar-refractivity contribution in [3.05, 3.63) is 22.4 Å². The summed E-state index contributed by atoms with van der Waals surface area (Å²) in [5.74, 6) is 1.30. The van der Waals surface area contributed by atoms with Crippen LogP contribution in [0.1, 0.15) is 37.5 Å². The zero-order valence-corrected chi connectivity index (χ0v) is 15.0. The first-order valence-corrected chi connectivity index (χ1v) is 9.42. The summed E-state index contributed by atoms with van der Waals surface area (Å²) in [7, 11) is 0. The third kappa shape index (κ3) is 6.89. The van der Waals surface area contributed by atoms with E-state index in [9.17, 15) is 0 Å². The Kier molecular flexibility index (Phi) is 8.42. The molecule has 1 aliphatic heterocycles. The normalized spacial score (nSPS) is 19.7. The van der Waals surface area contributed by atoms with Crippen molar-refractivity contribution in [1.29, 1.82) is 0 Å². The van der Waals surface area contributed by atoms with Crippen molar-refractivity contribution in [2.45, 2.75) is 38.7 Å². The van der Waals surface area contributed by atoms with Crippen LogP contribution >= 0.6 is 11.3 Å². The second-order valence-electron chi connectivity index (χ2n) is 5.77. The molecule has 0 aromatic carbocycles. The van der Waals surface area contributed by atoms with Crippen LogP contribution in [0.3, 0.4) is 0 Å². The first kappa shape index (κ1) is 18.2. The second-order valence-corrected chi connectivity index (χ2v) is 6.75. The number of thiophene rings is 1. The van der Waals surface area contributed by atoms with E-state index < -0.39 is 0 Å². The Morgan fingerprint density at radius 1 is 1.52 bits per heavy atom. The largest absolute Gasteiger partial charge is 0.377 e. The van der Waals surface area contributed by atoms with E-state index in [4.69, 9.17) is 9.47 Å². The molecule has 2 unspecified atom stereocenters. The van der Waals surface area contributed by atoms with Crippen molar-refractivity contribution < 1.29 is 9.47 Å². The van der Waals surface area contributed by atoms with Crippen molar-refractivity contribution in [3.63, 3.8) is 0 Å². The zero-order chi connectivity index (χ0) is 16.3. The van der Waals surface area contributed by atoms with Crippen LogP contribution < -0.4 is 10.6 Å². The quantitative estimate of drug-likeness (QED) is 0.412. The van der Waals surface area contributed by atoms with Gasteiger partial charge in [0.05, 0.1) is 25.9 Å². The highest BCUT2D eigenvalue weighted by molar-refractivity contribution is 7.10. The van der Waals surface area contributed by atoms with Gasteiger partial charge in [-0.2, -0.15) is 0 Å². The number of nitrogens with zero attached hydrogens (tertiary/aromatic N) is 1. The van der Waals surface area contributed by atoms with Gasteiger partial charge in [-0.25, -0.2) is 0 Å². The molecule has 2 heterocycles. The van der Waals surface area contributed by atoms with Gasteiger partial charge in [0.1, 0.15) is 0 Å². The molecule has 130 valence electrons. The van der Waals surface area contributed by atoms with Gasteiger partial charge in [0.2, 0.25) is 0 Å². The van der Waals surface area contributed by atoms with E-state index in [-0.39, 0.29) is 0 Å². The molecule has 2 N–H and O–H groups in total. The van der Waals surface area contributed by atoms with Crippen molar-refractivity contribution in [3.8, 4) is 0 Å². The number of hydrogen-bond acceptors (Lipinski definition) is 4. The molecule has 6 heteroatoms. The Bertz CT molecular complexity index is 445. The van der Waals surface area contributed by atoms with Crippen molar-refractivity contribution >= 4 is 17.3 Å². The van der Waals surface area contributed by atoms with Gasteiger partial charge in [0.25, 0.3) is 0 Å². The molecule has 2 rings (SSSR count). The first-order chi connectivity index (χ1) is 11.3. The van der Waals surface area contributed by atoms with E-state index in [0.717, 1.165) is 45.0 Å². The van der Waals surface area contributed by atoms with E-state index in [0.29, 0.717) is 25.2 Å². The Morgan fingerprint density at radius 3 is 3.13 bits per heavy atom. The van der Waals surface area contributed by atoms with Gasteiger partial charge in [-0.3, -0.25) is 4.99 Å². The molecule has 1 aromatic rings. The van der Waals surface area contributed by atoms with Crippen LogP contribution in [0.15, 0.2) is 22.5 Å². The van der Waals surface area contributed by atoms with Gasteiger partial charge >= 0.3 is 0 Å². The molecule has 1 aliphatic rings. The minimum absolute atomic E-state index is 0.295. The lowest BCUT2D eigenvalue weighted by Crippen LogP contribution is -2.39. The van der Waals surface area contributed by atoms with Crippen LogP contribution in [-0.2, 0) is 9.47 Å². The van der Waals surface area contributed by atoms with Crippen molar-refractivity contribution in [1.82, 2.24) is 10.6 Å². The third-order valence-electron chi connectivity index (χ3n) is 3.76. The number of ether oxygens (including phenoxy) is 2. The lowest BCUT2D eigenvalue weighted by Gasteiger charge is -2.14. The van der Waals surface area contributed by atoms with Gasteiger partial charge in [-0.1, -0.05) is 13.0 Å². The van der Waals surface area contributed by atoms with E-state index in [1.165, 1.54) is 4.88 Å². The topological polar surface area (TPSA) is 54.9 Å². The van der Waals surface area contributed by atoms with Gasteiger partial charge in [-0.15, -0.1) is 11.3 Å². The van der Waals surface area contributed by atoms with Crippen LogP contribution in [0.25, 0.3) is 0 Å². The SMILES string of the molecule is CCNC(=NCC(C)c1cccs1)NCCOCC1CCCO1. The minimum Gasteiger partial charge on any atom is -0.377 e. The maximum absolute atomic E-state index is 5.66. The smallest absolute Gasteiger partial charge is 0.191 e. The Morgan fingerprint density at radius 2 is 2.43 bits per heavy atom. The maximum atomic E-state index is 5.66. The lowest BCUT2D eigenvalue weighted by atomic mass is 10.1. The summed E-state index contributed by atoms with van der Waals surface area (Å²) in [6.45, 7) is 8.94. The highest BCUT2D eigenvalue weighted by Gasteiger charge is 2.15. The number of hydrogen-bond donors (Lipinski definition) is 2. The predicted octanol–water partition coefficient (Wildman–Crippen LogP) is 2.60. The molecular formula is C17H29N3O2S. The van der Waals surface area contributed by atoms with Gasteiger partial charge in [0.15, 0.2) is 5.96 Å². The molecule has 2 atom stereocenters. The standard InChI is InChI=1S/C17H29N3O2S/c1-3-18-17(20-12-14(2)16-7-5-11-23-16)19-8-10-21-13-15-6-4-9-22-15/h5,7,11,14-15H,3-4,6,8-10,12-13H2,1-2H3,(H2,18,19,20). The summed E-state index contributed by atoms with van der Waals surface area (Å²) in [5, 5.41) is 8.72. The molecule has 0 spiro atoms. The van der Waals surface area contributed by atoms with Crippen LogP contribution in [-0.4, -0.2) is 51.5 Å². The lowest BCUT2D eigenvalue weighted by molar-refractivity contribution is 0.0191. The predicted molar refractivity (Wildman–Crippen MR) is 96.5 cm³/mol. The van der Waals surface area contributed by atoms with E-state index in [1.807, 2.05) is 0 Å². The molecule has 5 nitrogen and oxygen atoms in total. The molecule has 0 aliphatic carbocycles. The fraction of sp³-hybridized carbons (Fsp3) is 0.706. The summed E-state index contributed by atoms with van der Waals surface area (Å²) in [6.07, 6.45) is 2.58. The molecule has 0 amide bonds. The molecule has 0 saturated carbocycles. The zero-order valence-electron chi connectivity index (χ0n) is 14.2. The highest BCUT2D eigenvalue weighted by atomic mass is 32.1. The van der Waals surface area contributed by atoms with Crippen LogP contribution in [0.5, 0.6) is 0 Å². The summed E-state index contributed by atoms with van der Waals surface area (Å²) in [6, 6.07) is 4.26. The summed E-state index contributed by atoms with van der Waals surface area (Å²) in [5.41, 5.74) is 0. The molecule has 1 fully saturated rings. The van der Waals surface area contributed by atoms with Crippen LogP contribution in [0.2, 0.25) is 0 Å². The summed E-state index contributed by atoms with van der Waals surface area (Å²) >= 11 is 1.79. The van der Waals surface area contributed by atoms with Crippen LogP contribution in [0.4, 0.5) is 0 Å². The minimum atomic E-state index is 0.295. The highest BCUT2D eigenvalue weighted by Crippen LogP contribution is 2.20. The Labute approximate surface area is 143 Å². The Balaban J connectivity index is 1.64. The molecule has 23 heavy (non-hydrogen) atoms. The number of nitrogens with one attached hydrogen (secondary N) is 2. The maximum Gasteiger partial charge on any atom is 0.191 e.